The number of Topliss-reactive ketones (excluding diaryl/α,β-unsaturated/α-hetero) is 1. The largest absolute Gasteiger partial charge is 0.458 e. The van der Waals surface area contributed by atoms with Crippen LogP contribution in [0.4, 0.5) is 0 Å². The number of benzene rings is 2. The molecule has 1 aliphatic carbocycles. The Bertz CT molecular complexity index is 1520. The monoisotopic (exact) mass is 697 g/mol. The normalized spacial score (nSPS) is 20.5. The third kappa shape index (κ3) is 13.3. The molecule has 5 atom stereocenters. The number of amides is 1. The topological polar surface area (TPSA) is 117 Å². The molecule has 2 radical (unpaired) electrons. The Morgan fingerprint density at radius 3 is 2.24 bits per heavy atom. The minimum Gasteiger partial charge on any atom is -0.458 e. The summed E-state index contributed by atoms with van der Waals surface area (Å²) in [6.45, 7) is 4.53. The first-order chi connectivity index (χ1) is 24.7. The van der Waals surface area contributed by atoms with E-state index in [9.17, 15) is 19.2 Å². The van der Waals surface area contributed by atoms with Gasteiger partial charge in [0, 0.05) is 55.5 Å². The molecular formula is C41H52BNO8. The van der Waals surface area contributed by atoms with Crippen LogP contribution >= 0.6 is 0 Å². The molecule has 0 saturated carbocycles. The molecule has 0 aromatic heterocycles. The summed E-state index contributed by atoms with van der Waals surface area (Å²) in [5.74, 6) is 5.80. The highest BCUT2D eigenvalue weighted by Crippen LogP contribution is 2.30. The summed E-state index contributed by atoms with van der Waals surface area (Å²) in [6, 6.07) is 15.1. The number of nitrogens with one attached hydrogen (secondary N) is 1. The van der Waals surface area contributed by atoms with Crippen LogP contribution in [0.15, 0.2) is 48.5 Å². The molecule has 2 aromatic rings. The standard InChI is InChI=1S/C41H52BNO8/c1-3-34-39(40(41(42)50-34)51-38(47)25-22-29(2)44)48-27-15-7-6-14-26-43-36(45)20-8-4-5-9-21-37(46)49-35-28-32-18-11-10-16-30(32)23-24-31-17-12-13-19-33(31)35/h10-13,16-19,34-35,39-41H,3-9,14-15,20-22,25-28H2,1-2H3,(H,43,45)/t34-,35?,39?,40+,41-/m1/s1. The second kappa shape index (κ2) is 21.4. The number of fused-ring (bicyclic) bond motifs is 2. The molecule has 1 saturated heterocycles. The molecule has 1 aliphatic heterocycles. The van der Waals surface area contributed by atoms with Crippen molar-refractivity contribution in [3.8, 4) is 11.8 Å². The van der Waals surface area contributed by atoms with E-state index in [-0.39, 0.29) is 42.7 Å². The van der Waals surface area contributed by atoms with E-state index < -0.39 is 24.2 Å². The lowest BCUT2D eigenvalue weighted by atomic mass is 9.92. The summed E-state index contributed by atoms with van der Waals surface area (Å²) in [5, 5.41) is 3.00. The first-order valence-corrected chi connectivity index (χ1v) is 18.6. The van der Waals surface area contributed by atoms with Crippen molar-refractivity contribution in [1.82, 2.24) is 5.32 Å². The van der Waals surface area contributed by atoms with Crippen molar-refractivity contribution in [3.05, 3.63) is 70.8 Å². The first-order valence-electron chi connectivity index (χ1n) is 18.6. The lowest BCUT2D eigenvalue weighted by Crippen LogP contribution is -2.39. The molecule has 2 aromatic carbocycles. The molecule has 1 fully saturated rings. The minimum atomic E-state index is -0.760. The van der Waals surface area contributed by atoms with E-state index in [1.54, 1.807) is 0 Å². The Morgan fingerprint density at radius 2 is 1.45 bits per heavy atom. The molecule has 51 heavy (non-hydrogen) atoms. The van der Waals surface area contributed by atoms with Crippen LogP contribution in [-0.4, -0.2) is 68.9 Å². The van der Waals surface area contributed by atoms with Gasteiger partial charge in [0.1, 0.15) is 31.9 Å². The number of hydrogen-bond donors (Lipinski definition) is 1. The molecule has 2 aliphatic rings. The van der Waals surface area contributed by atoms with E-state index in [1.807, 2.05) is 55.5 Å². The molecule has 1 N–H and O–H groups in total. The number of hydrogen-bond acceptors (Lipinski definition) is 8. The van der Waals surface area contributed by atoms with Gasteiger partial charge in [0.15, 0.2) is 0 Å². The Balaban J connectivity index is 1.02. The Labute approximate surface area is 304 Å². The van der Waals surface area contributed by atoms with Crippen molar-refractivity contribution >= 4 is 31.5 Å². The van der Waals surface area contributed by atoms with Crippen molar-refractivity contribution in [1.29, 1.82) is 0 Å². The van der Waals surface area contributed by atoms with Gasteiger partial charge < -0.3 is 29.1 Å². The second-order valence-electron chi connectivity index (χ2n) is 13.4. The van der Waals surface area contributed by atoms with Gasteiger partial charge in [-0.25, -0.2) is 0 Å². The molecule has 10 heteroatoms. The molecule has 1 heterocycles. The Kier molecular flexibility index (Phi) is 16.7. The van der Waals surface area contributed by atoms with E-state index in [0.717, 1.165) is 73.6 Å². The third-order valence-electron chi connectivity index (χ3n) is 9.27. The van der Waals surface area contributed by atoms with Crippen LogP contribution in [0.5, 0.6) is 0 Å². The average molecular weight is 698 g/mol. The van der Waals surface area contributed by atoms with Crippen LogP contribution in [0, 0.1) is 11.8 Å². The number of carbonyl (C=O) groups is 4. The van der Waals surface area contributed by atoms with Gasteiger partial charge in [-0.1, -0.05) is 80.8 Å². The van der Waals surface area contributed by atoms with Crippen molar-refractivity contribution in [3.63, 3.8) is 0 Å². The van der Waals surface area contributed by atoms with Gasteiger partial charge in [-0.15, -0.1) is 0 Å². The summed E-state index contributed by atoms with van der Waals surface area (Å²) in [6.07, 6.45) is 7.30. The van der Waals surface area contributed by atoms with Crippen LogP contribution in [0.1, 0.15) is 126 Å². The van der Waals surface area contributed by atoms with Crippen LogP contribution in [0.25, 0.3) is 0 Å². The molecule has 2 unspecified atom stereocenters. The number of unbranched alkanes of at least 4 members (excludes halogenated alkanes) is 6. The van der Waals surface area contributed by atoms with E-state index in [0.29, 0.717) is 38.8 Å². The first kappa shape index (κ1) is 39.8. The quantitative estimate of drug-likeness (QED) is 0.0709. The van der Waals surface area contributed by atoms with Gasteiger partial charge in [0.25, 0.3) is 0 Å². The third-order valence-corrected chi connectivity index (χ3v) is 9.27. The highest BCUT2D eigenvalue weighted by atomic mass is 16.6. The highest BCUT2D eigenvalue weighted by Gasteiger charge is 2.44. The molecule has 0 spiro atoms. The van der Waals surface area contributed by atoms with Crippen LogP contribution in [0.3, 0.4) is 0 Å². The van der Waals surface area contributed by atoms with E-state index in [1.165, 1.54) is 6.92 Å². The summed E-state index contributed by atoms with van der Waals surface area (Å²) in [4.78, 5) is 48.5. The molecule has 1 amide bonds. The van der Waals surface area contributed by atoms with Gasteiger partial charge in [-0.2, -0.15) is 0 Å². The molecular weight excluding hydrogens is 645 g/mol. The van der Waals surface area contributed by atoms with Gasteiger partial charge in [-0.3, -0.25) is 14.4 Å². The van der Waals surface area contributed by atoms with Crippen LogP contribution in [0.2, 0.25) is 0 Å². The zero-order chi connectivity index (χ0) is 36.4. The van der Waals surface area contributed by atoms with Crippen molar-refractivity contribution in [2.24, 2.45) is 0 Å². The number of esters is 2. The highest BCUT2D eigenvalue weighted by molar-refractivity contribution is 6.11. The maximum atomic E-state index is 12.8. The zero-order valence-electron chi connectivity index (χ0n) is 30.2. The lowest BCUT2D eigenvalue weighted by molar-refractivity contribution is -0.156. The Hall–Kier alpha value is -3.94. The fourth-order valence-electron chi connectivity index (χ4n) is 6.41. The summed E-state index contributed by atoms with van der Waals surface area (Å²) in [5.41, 5.74) is 3.87. The van der Waals surface area contributed by atoms with Gasteiger partial charge >= 0.3 is 11.9 Å². The molecule has 4 rings (SSSR count). The van der Waals surface area contributed by atoms with Crippen molar-refractivity contribution in [2.75, 3.05) is 13.2 Å². The fourth-order valence-corrected chi connectivity index (χ4v) is 6.41. The van der Waals surface area contributed by atoms with Crippen molar-refractivity contribution < 1.29 is 38.1 Å². The number of rotatable bonds is 21. The van der Waals surface area contributed by atoms with Gasteiger partial charge in [-0.05, 0) is 56.7 Å². The second-order valence-corrected chi connectivity index (χ2v) is 13.4. The maximum absolute atomic E-state index is 12.8. The number of ether oxygens (including phenoxy) is 4. The predicted molar refractivity (Wildman–Crippen MR) is 195 cm³/mol. The smallest absolute Gasteiger partial charge is 0.306 e. The summed E-state index contributed by atoms with van der Waals surface area (Å²) < 4.78 is 23.3. The summed E-state index contributed by atoms with van der Waals surface area (Å²) in [7, 11) is 6.07. The van der Waals surface area contributed by atoms with E-state index in [2.05, 4.69) is 17.2 Å². The van der Waals surface area contributed by atoms with E-state index >= 15 is 0 Å². The van der Waals surface area contributed by atoms with Crippen molar-refractivity contribution in [2.45, 2.75) is 134 Å². The van der Waals surface area contributed by atoms with Crippen LogP contribution < -0.4 is 5.32 Å². The minimum absolute atomic E-state index is 0.0151. The summed E-state index contributed by atoms with van der Waals surface area (Å²) >= 11 is 0. The molecule has 9 nitrogen and oxygen atoms in total. The SMILES string of the molecule is [B][C@@H]1O[C@H](CC)C(OCCCCCCNC(=O)CCCCCCC(=O)OC2Cc3ccccc3C#Cc3ccccc32)[C@@H]1OC(=O)CCC(C)=O. The number of ketones is 1. The fraction of sp³-hybridized carbons (Fsp3) is 0.561. The average Bonchev–Trinajstić information content (AvgIpc) is 3.41. The maximum Gasteiger partial charge on any atom is 0.306 e. The zero-order valence-corrected chi connectivity index (χ0v) is 30.2. The Morgan fingerprint density at radius 1 is 0.784 bits per heavy atom. The predicted octanol–water partition coefficient (Wildman–Crippen LogP) is 6.21. The van der Waals surface area contributed by atoms with Crippen LogP contribution in [-0.2, 0) is 44.5 Å². The van der Waals surface area contributed by atoms with Gasteiger partial charge in [0.05, 0.1) is 18.5 Å². The lowest BCUT2D eigenvalue weighted by Gasteiger charge is -2.24. The molecule has 0 bridgehead atoms. The molecule has 272 valence electrons. The van der Waals surface area contributed by atoms with E-state index in [4.69, 9.17) is 26.8 Å². The van der Waals surface area contributed by atoms with Gasteiger partial charge in [0.2, 0.25) is 5.91 Å². The number of carbonyl (C=O) groups excluding carboxylic acids is 4.